The van der Waals surface area contributed by atoms with Gasteiger partial charge >= 0.3 is 0 Å². The zero-order valence-corrected chi connectivity index (χ0v) is 8.61. The van der Waals surface area contributed by atoms with E-state index in [9.17, 15) is 4.79 Å². The Balaban J connectivity index is 1.80. The zero-order chi connectivity index (χ0) is 10.5. The SMILES string of the molecule is O=C1CCCC(ONc2ccccc2)C1. The van der Waals surface area contributed by atoms with Gasteiger partial charge in [-0.05, 0) is 25.0 Å². The first-order valence-electron chi connectivity index (χ1n) is 5.33. The highest BCUT2D eigenvalue weighted by molar-refractivity contribution is 5.79. The predicted octanol–water partition coefficient (Wildman–Crippen LogP) is 2.54. The molecule has 0 aromatic heterocycles. The van der Waals surface area contributed by atoms with Crippen LogP contribution in [-0.4, -0.2) is 11.9 Å². The van der Waals surface area contributed by atoms with E-state index in [0.29, 0.717) is 18.6 Å². The van der Waals surface area contributed by atoms with Crippen LogP contribution in [0.15, 0.2) is 30.3 Å². The van der Waals surface area contributed by atoms with Gasteiger partial charge in [-0.1, -0.05) is 18.2 Å². The molecule has 1 aliphatic rings. The highest BCUT2D eigenvalue weighted by Gasteiger charge is 2.20. The first-order valence-corrected chi connectivity index (χ1v) is 5.33. The molecule has 1 fully saturated rings. The van der Waals surface area contributed by atoms with Crippen molar-refractivity contribution in [1.82, 2.24) is 0 Å². The van der Waals surface area contributed by atoms with Gasteiger partial charge < -0.3 is 0 Å². The summed E-state index contributed by atoms with van der Waals surface area (Å²) in [5.41, 5.74) is 3.81. The van der Waals surface area contributed by atoms with Crippen LogP contribution in [0.3, 0.4) is 0 Å². The lowest BCUT2D eigenvalue weighted by Gasteiger charge is -2.21. The number of para-hydroxylation sites is 1. The topological polar surface area (TPSA) is 38.3 Å². The second kappa shape index (κ2) is 4.94. The van der Waals surface area contributed by atoms with Crippen molar-refractivity contribution in [3.8, 4) is 0 Å². The fourth-order valence-corrected chi connectivity index (χ4v) is 1.74. The first-order chi connectivity index (χ1) is 7.34. The van der Waals surface area contributed by atoms with Crippen molar-refractivity contribution < 1.29 is 9.63 Å². The van der Waals surface area contributed by atoms with Crippen LogP contribution in [0.1, 0.15) is 25.7 Å². The van der Waals surface area contributed by atoms with Crippen LogP contribution in [0.4, 0.5) is 5.69 Å². The molecule has 80 valence electrons. The molecule has 1 N–H and O–H groups in total. The maximum absolute atomic E-state index is 11.2. The molecule has 0 bridgehead atoms. The highest BCUT2D eigenvalue weighted by atomic mass is 16.7. The van der Waals surface area contributed by atoms with E-state index in [-0.39, 0.29) is 6.10 Å². The average molecular weight is 205 g/mol. The lowest BCUT2D eigenvalue weighted by Crippen LogP contribution is -2.24. The van der Waals surface area contributed by atoms with Crippen molar-refractivity contribution in [3.63, 3.8) is 0 Å². The largest absolute Gasteiger partial charge is 0.300 e. The van der Waals surface area contributed by atoms with Gasteiger partial charge in [0, 0.05) is 12.8 Å². The number of benzene rings is 1. The average Bonchev–Trinajstić information content (AvgIpc) is 2.28. The van der Waals surface area contributed by atoms with Crippen molar-refractivity contribution >= 4 is 11.5 Å². The molecule has 1 aromatic carbocycles. The summed E-state index contributed by atoms with van der Waals surface area (Å²) in [5, 5.41) is 0. The van der Waals surface area contributed by atoms with E-state index in [4.69, 9.17) is 4.84 Å². The molecule has 3 nitrogen and oxygen atoms in total. The Bertz CT molecular complexity index is 324. The third kappa shape index (κ3) is 3.06. The standard InChI is InChI=1S/C12H15NO2/c14-11-7-4-8-12(9-11)15-13-10-5-2-1-3-6-10/h1-3,5-6,12-13H,4,7-9H2. The smallest absolute Gasteiger partial charge is 0.135 e. The molecule has 0 radical (unpaired) electrons. The molecular weight excluding hydrogens is 190 g/mol. The molecule has 1 atom stereocenters. The summed E-state index contributed by atoms with van der Waals surface area (Å²) in [4.78, 5) is 16.6. The molecule has 1 saturated carbocycles. The molecular formula is C12H15NO2. The lowest BCUT2D eigenvalue weighted by molar-refractivity contribution is -0.123. The molecule has 0 saturated heterocycles. The van der Waals surface area contributed by atoms with Gasteiger partial charge in [0.25, 0.3) is 0 Å². The fraction of sp³-hybridized carbons (Fsp3) is 0.417. The zero-order valence-electron chi connectivity index (χ0n) is 8.61. The van der Waals surface area contributed by atoms with Gasteiger partial charge in [-0.25, -0.2) is 0 Å². The molecule has 0 heterocycles. The third-order valence-electron chi connectivity index (χ3n) is 2.55. The number of carbonyl (C=O) groups is 1. The van der Waals surface area contributed by atoms with E-state index in [1.165, 1.54) is 0 Å². The maximum Gasteiger partial charge on any atom is 0.135 e. The summed E-state index contributed by atoms with van der Waals surface area (Å²) in [6.45, 7) is 0. The van der Waals surface area contributed by atoms with Crippen molar-refractivity contribution in [2.75, 3.05) is 5.48 Å². The van der Waals surface area contributed by atoms with Crippen molar-refractivity contribution in [2.24, 2.45) is 0 Å². The van der Waals surface area contributed by atoms with Gasteiger partial charge in [0.1, 0.15) is 5.78 Å². The summed E-state index contributed by atoms with van der Waals surface area (Å²) in [6, 6.07) is 9.71. The van der Waals surface area contributed by atoms with Crippen LogP contribution in [-0.2, 0) is 9.63 Å². The van der Waals surface area contributed by atoms with E-state index in [1.54, 1.807) is 0 Å². The number of rotatable bonds is 3. The van der Waals surface area contributed by atoms with E-state index < -0.39 is 0 Å². The van der Waals surface area contributed by atoms with Crippen LogP contribution in [0.5, 0.6) is 0 Å². The molecule has 0 spiro atoms. The normalized spacial score (nSPS) is 21.3. The van der Waals surface area contributed by atoms with Crippen molar-refractivity contribution in [3.05, 3.63) is 30.3 Å². The molecule has 1 aliphatic carbocycles. The summed E-state index contributed by atoms with van der Waals surface area (Å²) in [6.07, 6.45) is 3.20. The fourth-order valence-electron chi connectivity index (χ4n) is 1.74. The van der Waals surface area contributed by atoms with E-state index in [1.807, 2.05) is 30.3 Å². The minimum Gasteiger partial charge on any atom is -0.300 e. The summed E-state index contributed by atoms with van der Waals surface area (Å²) < 4.78 is 0. The molecule has 15 heavy (non-hydrogen) atoms. The van der Waals surface area contributed by atoms with E-state index >= 15 is 0 Å². The number of ketones is 1. The monoisotopic (exact) mass is 205 g/mol. The Hall–Kier alpha value is -1.35. The quantitative estimate of drug-likeness (QED) is 0.771. The Morgan fingerprint density at radius 3 is 2.80 bits per heavy atom. The van der Waals surface area contributed by atoms with Crippen molar-refractivity contribution in [2.45, 2.75) is 31.8 Å². The van der Waals surface area contributed by atoms with Crippen LogP contribution in [0.2, 0.25) is 0 Å². The number of anilines is 1. The van der Waals surface area contributed by atoms with Gasteiger partial charge in [-0.2, -0.15) is 0 Å². The molecule has 3 heteroatoms. The van der Waals surface area contributed by atoms with Gasteiger partial charge in [0.05, 0.1) is 11.8 Å². The second-order valence-corrected chi connectivity index (χ2v) is 3.84. The van der Waals surface area contributed by atoms with E-state index in [0.717, 1.165) is 18.5 Å². The summed E-state index contributed by atoms with van der Waals surface area (Å²) >= 11 is 0. The molecule has 0 aliphatic heterocycles. The number of hydrogen-bond acceptors (Lipinski definition) is 3. The van der Waals surface area contributed by atoms with Crippen LogP contribution >= 0.6 is 0 Å². The van der Waals surface area contributed by atoms with Crippen LogP contribution < -0.4 is 5.48 Å². The second-order valence-electron chi connectivity index (χ2n) is 3.84. The Morgan fingerprint density at radius 2 is 2.07 bits per heavy atom. The minimum absolute atomic E-state index is 0.0338. The summed E-state index contributed by atoms with van der Waals surface area (Å²) in [7, 11) is 0. The number of nitrogens with one attached hydrogen (secondary N) is 1. The first kappa shape index (κ1) is 10.2. The minimum atomic E-state index is 0.0338. The van der Waals surface area contributed by atoms with E-state index in [2.05, 4.69) is 5.48 Å². The predicted molar refractivity (Wildman–Crippen MR) is 58.4 cm³/mol. The van der Waals surface area contributed by atoms with Crippen molar-refractivity contribution in [1.29, 1.82) is 0 Å². The van der Waals surface area contributed by atoms with Crippen LogP contribution in [0.25, 0.3) is 0 Å². The Labute approximate surface area is 89.4 Å². The molecule has 0 amide bonds. The lowest BCUT2D eigenvalue weighted by atomic mass is 9.97. The third-order valence-corrected chi connectivity index (χ3v) is 2.55. The van der Waals surface area contributed by atoms with Gasteiger partial charge in [-0.3, -0.25) is 15.1 Å². The molecule has 1 unspecified atom stereocenters. The van der Waals surface area contributed by atoms with Gasteiger partial charge in [-0.15, -0.1) is 0 Å². The number of hydrogen-bond donors (Lipinski definition) is 1. The number of carbonyl (C=O) groups excluding carboxylic acids is 1. The number of Topliss-reactive ketones (excluding diaryl/α,β-unsaturated/α-hetero) is 1. The van der Waals surface area contributed by atoms with Gasteiger partial charge in [0.15, 0.2) is 0 Å². The molecule has 2 rings (SSSR count). The molecule has 1 aromatic rings. The summed E-state index contributed by atoms with van der Waals surface area (Å²) in [5.74, 6) is 0.307. The van der Waals surface area contributed by atoms with Crippen LogP contribution in [0, 0.1) is 0 Å². The Morgan fingerprint density at radius 1 is 1.27 bits per heavy atom. The Kier molecular flexibility index (Phi) is 3.35. The highest BCUT2D eigenvalue weighted by Crippen LogP contribution is 2.18. The maximum atomic E-state index is 11.2. The van der Waals surface area contributed by atoms with Gasteiger partial charge in [0.2, 0.25) is 0 Å².